The van der Waals surface area contributed by atoms with Gasteiger partial charge < -0.3 is 38.8 Å². The maximum atomic E-state index is 14.3. The van der Waals surface area contributed by atoms with Gasteiger partial charge in [-0.1, -0.05) is 41.9 Å². The summed E-state index contributed by atoms with van der Waals surface area (Å²) in [5.41, 5.74) is 5.39. The van der Waals surface area contributed by atoms with Gasteiger partial charge in [0.1, 0.15) is 40.8 Å². The van der Waals surface area contributed by atoms with Crippen LogP contribution in [0.1, 0.15) is 16.8 Å². The fourth-order valence-corrected chi connectivity index (χ4v) is 9.33. The first-order valence-electron chi connectivity index (χ1n) is 21.3. The number of esters is 1. The number of aromatic nitrogens is 4. The number of morpholine rings is 1. The van der Waals surface area contributed by atoms with Gasteiger partial charge in [0.2, 0.25) is 12.0 Å². The minimum absolute atomic E-state index is 0.0372. The van der Waals surface area contributed by atoms with Crippen molar-refractivity contribution >= 4 is 44.8 Å². The first-order valence-corrected chi connectivity index (χ1v) is 22.5. The first kappa shape index (κ1) is 46.1. The summed E-state index contributed by atoms with van der Waals surface area (Å²) in [6.45, 7) is 6.71. The van der Waals surface area contributed by atoms with Crippen LogP contribution in [0.4, 0.5) is 10.1 Å². The zero-order valence-corrected chi connectivity index (χ0v) is 38.1. The third-order valence-corrected chi connectivity index (χ3v) is 12.9. The molecule has 342 valence electrons. The molecule has 7 aromatic rings. The predicted molar refractivity (Wildman–Crippen MR) is 251 cm³/mol. The number of aromatic hydroxyl groups is 1. The Kier molecular flexibility index (Phi) is 14.8. The molecule has 8 rings (SSSR count). The second-order valence-electron chi connectivity index (χ2n) is 15.4. The molecule has 0 amide bonds. The molecule has 2 N–H and O–H groups in total. The van der Waals surface area contributed by atoms with E-state index < -0.39 is 12.1 Å². The number of fused-ring (bicyclic) bond motifs is 1. The van der Waals surface area contributed by atoms with E-state index in [0.717, 1.165) is 52.5 Å². The monoisotopic (exact) mass is 934 g/mol. The maximum Gasteiger partial charge on any atom is 0.347 e. The number of halogens is 2. The van der Waals surface area contributed by atoms with E-state index in [2.05, 4.69) is 24.8 Å². The average Bonchev–Trinajstić information content (AvgIpc) is 3.74. The van der Waals surface area contributed by atoms with E-state index in [4.69, 9.17) is 40.3 Å². The van der Waals surface area contributed by atoms with E-state index in [1.54, 1.807) is 37.6 Å². The van der Waals surface area contributed by atoms with Crippen molar-refractivity contribution in [2.24, 2.45) is 0 Å². The molecule has 1 fully saturated rings. The Morgan fingerprint density at radius 3 is 2.55 bits per heavy atom. The van der Waals surface area contributed by atoms with Gasteiger partial charge in [0.15, 0.2) is 5.82 Å². The highest BCUT2D eigenvalue weighted by Crippen LogP contribution is 2.49. The van der Waals surface area contributed by atoms with Gasteiger partial charge in [-0.05, 0) is 78.2 Å². The number of carbonyl (C=O) groups is 1. The number of para-hydroxylation sites is 1. The van der Waals surface area contributed by atoms with Gasteiger partial charge in [0, 0.05) is 61.3 Å². The zero-order chi connectivity index (χ0) is 46.2. The number of anilines is 1. The van der Waals surface area contributed by atoms with Gasteiger partial charge in [-0.3, -0.25) is 4.90 Å². The number of ether oxygens (including phenoxy) is 5. The van der Waals surface area contributed by atoms with Crippen molar-refractivity contribution in [3.8, 4) is 56.1 Å². The molecule has 0 saturated carbocycles. The van der Waals surface area contributed by atoms with Gasteiger partial charge in [0.05, 0.1) is 61.4 Å². The summed E-state index contributed by atoms with van der Waals surface area (Å²) >= 11 is 8.64. The second kappa shape index (κ2) is 21.3. The van der Waals surface area contributed by atoms with Gasteiger partial charge in [0.25, 0.3) is 0 Å². The van der Waals surface area contributed by atoms with Crippen molar-refractivity contribution in [3.05, 3.63) is 125 Å². The highest BCUT2D eigenvalue weighted by atomic mass is 35.5. The summed E-state index contributed by atoms with van der Waals surface area (Å²) in [5.74, 6) is 0.409. The number of phenols is 1. The molecule has 1 aliphatic heterocycles. The van der Waals surface area contributed by atoms with E-state index in [1.807, 2.05) is 43.3 Å². The maximum absolute atomic E-state index is 14.3. The van der Waals surface area contributed by atoms with Crippen molar-refractivity contribution in [2.45, 2.75) is 26.1 Å². The van der Waals surface area contributed by atoms with Gasteiger partial charge in [-0.15, -0.1) is 11.3 Å². The van der Waals surface area contributed by atoms with Gasteiger partial charge >= 0.3 is 5.97 Å². The number of rotatable bonds is 18. The quantitative estimate of drug-likeness (QED) is 0.0793. The fraction of sp³-hybridized carbons (Fsp3) is 0.286. The molecule has 17 heteroatoms. The Morgan fingerprint density at radius 1 is 0.970 bits per heavy atom. The summed E-state index contributed by atoms with van der Waals surface area (Å²) < 4.78 is 43.5. The van der Waals surface area contributed by atoms with Crippen molar-refractivity contribution in [1.82, 2.24) is 24.8 Å². The zero-order valence-electron chi connectivity index (χ0n) is 36.6. The SMILES string of the molecule is COC(=O)[C@@H](Cc1cc(O)ccc1OCc1ccnc(-c2ccccc2OC)n1)Oc1ncnc2sc(-c3ccc(F)cc3)c(-c3ccc(N(CCO)CCN4CCOCC4)c(Cl)c3C)c12. The largest absolute Gasteiger partial charge is 0.508 e. The summed E-state index contributed by atoms with van der Waals surface area (Å²) in [6, 6.07) is 23.8. The lowest BCUT2D eigenvalue weighted by Crippen LogP contribution is -2.42. The standard InChI is InChI=1S/C49H48ClFN6O8S/c1-30-36(13-14-38(44(30)50)57(20-23-58)19-18-56-21-24-63-25-22-56)42-43-47(53-29-54-48(43)66-45(42)31-8-10-33(51)11-9-31)65-41(49(60)62-3)27-32-26-35(59)12-15-39(32)64-28-34-16-17-52-46(55-34)37-6-4-5-7-40(37)61-2/h4-17,26,29,41,58-59H,18-25,27-28H2,1-3H3/t41-/m1/s1. The van der Waals surface area contributed by atoms with Crippen LogP contribution < -0.4 is 19.1 Å². The molecule has 1 aliphatic rings. The van der Waals surface area contributed by atoms with Gasteiger partial charge in [-0.2, -0.15) is 0 Å². The molecule has 1 atom stereocenters. The summed E-state index contributed by atoms with van der Waals surface area (Å²) in [4.78, 5) is 37.7. The van der Waals surface area contributed by atoms with Crippen LogP contribution in [0, 0.1) is 12.7 Å². The molecule has 3 aromatic heterocycles. The summed E-state index contributed by atoms with van der Waals surface area (Å²) in [6.07, 6.45) is 1.63. The second-order valence-corrected chi connectivity index (χ2v) is 16.8. The third-order valence-electron chi connectivity index (χ3n) is 11.3. The number of phenolic OH excluding ortho intramolecular Hbond substituents is 1. The molecule has 4 aromatic carbocycles. The van der Waals surface area contributed by atoms with E-state index in [0.29, 0.717) is 75.7 Å². The number of aliphatic hydroxyl groups excluding tert-OH is 1. The van der Waals surface area contributed by atoms with Crippen LogP contribution in [0.5, 0.6) is 23.1 Å². The van der Waals surface area contributed by atoms with Gasteiger partial charge in [-0.25, -0.2) is 29.1 Å². The number of methoxy groups -OCH3 is 2. The normalized spacial score (nSPS) is 13.4. The van der Waals surface area contributed by atoms with Crippen LogP contribution in [-0.4, -0.2) is 114 Å². The number of benzene rings is 4. The Morgan fingerprint density at radius 2 is 1.77 bits per heavy atom. The van der Waals surface area contributed by atoms with Crippen LogP contribution in [0.25, 0.3) is 43.2 Å². The minimum Gasteiger partial charge on any atom is -0.508 e. The molecule has 0 spiro atoms. The molecule has 14 nitrogen and oxygen atoms in total. The lowest BCUT2D eigenvalue weighted by Gasteiger charge is -2.31. The number of hydrogen-bond acceptors (Lipinski definition) is 15. The molecule has 66 heavy (non-hydrogen) atoms. The Labute approximate surface area is 390 Å². The van der Waals surface area contributed by atoms with Crippen molar-refractivity contribution in [2.75, 3.05) is 71.7 Å². The molecule has 1 saturated heterocycles. The van der Waals surface area contributed by atoms with E-state index >= 15 is 0 Å². The topological polar surface area (TPSA) is 162 Å². The molecule has 0 bridgehead atoms. The molecular formula is C49H48ClFN6O8S. The predicted octanol–water partition coefficient (Wildman–Crippen LogP) is 8.17. The number of thiophene rings is 1. The first-order chi connectivity index (χ1) is 32.1. The molecular weight excluding hydrogens is 887 g/mol. The minimum atomic E-state index is -1.28. The number of carbonyl (C=O) groups excluding carboxylic acids is 1. The smallest absolute Gasteiger partial charge is 0.347 e. The van der Waals surface area contributed by atoms with E-state index in [1.165, 1.54) is 49.0 Å². The number of hydrogen-bond donors (Lipinski definition) is 2. The van der Waals surface area contributed by atoms with Crippen LogP contribution in [0.15, 0.2) is 97.5 Å². The van der Waals surface area contributed by atoms with Crippen molar-refractivity contribution in [3.63, 3.8) is 0 Å². The number of aliphatic hydroxyl groups is 1. The van der Waals surface area contributed by atoms with E-state index in [9.17, 15) is 19.4 Å². The third kappa shape index (κ3) is 10.3. The lowest BCUT2D eigenvalue weighted by molar-refractivity contribution is -0.148. The molecule has 0 unspecified atom stereocenters. The van der Waals surface area contributed by atoms with E-state index in [-0.39, 0.29) is 37.1 Å². The Bertz CT molecular complexity index is 2810. The number of nitrogens with zero attached hydrogens (tertiary/aromatic N) is 6. The van der Waals surface area contributed by atoms with Crippen LogP contribution in [0.2, 0.25) is 5.02 Å². The highest BCUT2D eigenvalue weighted by molar-refractivity contribution is 7.22. The average molecular weight is 935 g/mol. The summed E-state index contributed by atoms with van der Waals surface area (Å²) in [5, 5.41) is 21.7. The van der Waals surface area contributed by atoms with Crippen molar-refractivity contribution in [1.29, 1.82) is 0 Å². The van der Waals surface area contributed by atoms with Crippen molar-refractivity contribution < 1.29 is 43.1 Å². The lowest BCUT2D eigenvalue weighted by atomic mass is 9.95. The van der Waals surface area contributed by atoms with Crippen LogP contribution in [0.3, 0.4) is 0 Å². The Hall–Kier alpha value is -6.43. The fourth-order valence-electron chi connectivity index (χ4n) is 7.90. The highest BCUT2D eigenvalue weighted by Gasteiger charge is 2.30. The Balaban J connectivity index is 1.14. The summed E-state index contributed by atoms with van der Waals surface area (Å²) in [7, 11) is 2.85. The molecule has 0 aliphatic carbocycles. The van der Waals surface area contributed by atoms with Crippen LogP contribution >= 0.6 is 22.9 Å². The molecule has 0 radical (unpaired) electrons. The molecule has 4 heterocycles. The van der Waals surface area contributed by atoms with Crippen LogP contribution in [-0.2, 0) is 27.3 Å².